The molecule has 0 aliphatic carbocycles. The number of ether oxygens (including phenoxy) is 2. The lowest BCUT2D eigenvalue weighted by Gasteiger charge is -2.32. The SMILES string of the molecule is C=C(C)C(=O)OCC(CCOc1ccccc1C(=O)c1ccccc1)C(C)(C)CO. The summed E-state index contributed by atoms with van der Waals surface area (Å²) in [5.74, 6) is -0.170. The van der Waals surface area contributed by atoms with Crippen molar-refractivity contribution in [2.45, 2.75) is 27.2 Å². The molecule has 0 spiro atoms. The van der Waals surface area contributed by atoms with Gasteiger partial charge in [-0.2, -0.15) is 0 Å². The van der Waals surface area contributed by atoms with E-state index in [4.69, 9.17) is 9.47 Å². The molecule has 5 heteroatoms. The van der Waals surface area contributed by atoms with Gasteiger partial charge >= 0.3 is 5.97 Å². The number of ketones is 1. The molecule has 0 bridgehead atoms. The van der Waals surface area contributed by atoms with Crippen molar-refractivity contribution in [3.63, 3.8) is 0 Å². The molecule has 2 aromatic carbocycles. The van der Waals surface area contributed by atoms with Crippen LogP contribution in [0.5, 0.6) is 5.75 Å². The average molecular weight is 411 g/mol. The number of carbonyl (C=O) groups is 2. The van der Waals surface area contributed by atoms with Gasteiger partial charge in [-0.25, -0.2) is 4.79 Å². The van der Waals surface area contributed by atoms with E-state index in [1.807, 2.05) is 38.1 Å². The van der Waals surface area contributed by atoms with Gasteiger partial charge in [0.1, 0.15) is 5.75 Å². The number of aliphatic hydroxyl groups excluding tert-OH is 1. The van der Waals surface area contributed by atoms with E-state index >= 15 is 0 Å². The van der Waals surface area contributed by atoms with Crippen molar-refractivity contribution in [2.75, 3.05) is 19.8 Å². The van der Waals surface area contributed by atoms with Gasteiger partial charge < -0.3 is 14.6 Å². The zero-order valence-corrected chi connectivity index (χ0v) is 17.9. The summed E-state index contributed by atoms with van der Waals surface area (Å²) < 4.78 is 11.3. The van der Waals surface area contributed by atoms with Gasteiger partial charge in [0, 0.05) is 23.7 Å². The Morgan fingerprint density at radius 2 is 1.70 bits per heavy atom. The zero-order valence-electron chi connectivity index (χ0n) is 17.9. The molecule has 0 heterocycles. The van der Waals surface area contributed by atoms with Crippen LogP contribution >= 0.6 is 0 Å². The minimum atomic E-state index is -0.460. The van der Waals surface area contributed by atoms with Crippen LogP contribution in [-0.2, 0) is 9.53 Å². The third kappa shape index (κ3) is 6.29. The van der Waals surface area contributed by atoms with Crippen molar-refractivity contribution in [3.8, 4) is 5.75 Å². The number of hydrogen-bond donors (Lipinski definition) is 1. The molecule has 0 saturated heterocycles. The van der Waals surface area contributed by atoms with Gasteiger partial charge in [-0.05, 0) is 30.9 Å². The Morgan fingerprint density at radius 3 is 2.33 bits per heavy atom. The predicted octanol–water partition coefficient (Wildman–Crippen LogP) is 4.44. The van der Waals surface area contributed by atoms with E-state index in [0.29, 0.717) is 35.5 Å². The number of esters is 1. The molecule has 30 heavy (non-hydrogen) atoms. The second-order valence-electron chi connectivity index (χ2n) is 8.05. The van der Waals surface area contributed by atoms with Crippen LogP contribution in [0.3, 0.4) is 0 Å². The minimum absolute atomic E-state index is 0.0502. The van der Waals surface area contributed by atoms with E-state index in [-0.39, 0.29) is 24.9 Å². The third-order valence-electron chi connectivity index (χ3n) is 5.17. The molecule has 1 unspecified atom stereocenters. The first-order valence-corrected chi connectivity index (χ1v) is 10.0. The summed E-state index contributed by atoms with van der Waals surface area (Å²) in [6.07, 6.45) is 0.547. The highest BCUT2D eigenvalue weighted by Crippen LogP contribution is 2.30. The molecule has 2 rings (SSSR count). The Bertz CT molecular complexity index is 870. The van der Waals surface area contributed by atoms with Crippen LogP contribution in [0.1, 0.15) is 43.1 Å². The van der Waals surface area contributed by atoms with Crippen molar-refractivity contribution in [1.82, 2.24) is 0 Å². The van der Waals surface area contributed by atoms with Crippen LogP contribution in [0.25, 0.3) is 0 Å². The summed E-state index contributed by atoms with van der Waals surface area (Å²) in [6.45, 7) is 9.44. The predicted molar refractivity (Wildman–Crippen MR) is 117 cm³/mol. The van der Waals surface area contributed by atoms with Crippen LogP contribution in [0.15, 0.2) is 66.7 Å². The summed E-state index contributed by atoms with van der Waals surface area (Å²) in [5, 5.41) is 9.75. The second kappa shape index (κ2) is 10.7. The Balaban J connectivity index is 2.07. The van der Waals surface area contributed by atoms with E-state index in [0.717, 1.165) is 0 Å². The molecular weight excluding hydrogens is 380 g/mol. The van der Waals surface area contributed by atoms with Gasteiger partial charge in [-0.1, -0.05) is 62.9 Å². The van der Waals surface area contributed by atoms with Crippen molar-refractivity contribution < 1.29 is 24.2 Å². The van der Waals surface area contributed by atoms with E-state index in [2.05, 4.69) is 6.58 Å². The van der Waals surface area contributed by atoms with Crippen LogP contribution in [-0.4, -0.2) is 36.7 Å². The first-order chi connectivity index (χ1) is 14.3. The molecule has 5 nitrogen and oxygen atoms in total. The maximum absolute atomic E-state index is 12.8. The number of rotatable bonds is 11. The molecule has 0 amide bonds. The van der Waals surface area contributed by atoms with Crippen molar-refractivity contribution in [1.29, 1.82) is 0 Å². The molecule has 2 aromatic rings. The van der Waals surface area contributed by atoms with Crippen molar-refractivity contribution in [2.24, 2.45) is 11.3 Å². The molecule has 0 aliphatic rings. The molecule has 1 atom stereocenters. The standard InChI is InChI=1S/C25H30O5/c1-18(2)24(28)30-16-20(25(3,4)17-26)14-15-29-22-13-9-8-12-21(22)23(27)19-10-6-5-7-11-19/h5-13,20,26H,1,14-17H2,2-4H3. The zero-order chi connectivity index (χ0) is 22.1. The Kier molecular flexibility index (Phi) is 8.36. The van der Waals surface area contributed by atoms with Crippen LogP contribution in [0.2, 0.25) is 0 Å². The summed E-state index contributed by atoms with van der Waals surface area (Å²) in [7, 11) is 0. The lowest BCUT2D eigenvalue weighted by Crippen LogP contribution is -2.33. The quantitative estimate of drug-likeness (QED) is 0.337. The molecule has 0 aromatic heterocycles. The van der Waals surface area contributed by atoms with Gasteiger partial charge in [0.15, 0.2) is 5.78 Å². The Labute approximate surface area is 178 Å². The molecule has 0 aliphatic heterocycles. The summed E-state index contributed by atoms with van der Waals surface area (Å²) >= 11 is 0. The second-order valence-corrected chi connectivity index (χ2v) is 8.05. The molecule has 0 saturated carbocycles. The molecule has 0 radical (unpaired) electrons. The lowest BCUT2D eigenvalue weighted by atomic mass is 9.78. The number of para-hydroxylation sites is 1. The third-order valence-corrected chi connectivity index (χ3v) is 5.17. The number of hydrogen-bond acceptors (Lipinski definition) is 5. The van der Waals surface area contributed by atoms with Gasteiger partial charge in [0.2, 0.25) is 0 Å². The van der Waals surface area contributed by atoms with Gasteiger partial charge in [0.25, 0.3) is 0 Å². The fourth-order valence-electron chi connectivity index (χ4n) is 2.96. The Morgan fingerprint density at radius 1 is 1.07 bits per heavy atom. The summed E-state index contributed by atoms with van der Waals surface area (Å²) in [6, 6.07) is 16.2. The van der Waals surface area contributed by atoms with Crippen LogP contribution in [0, 0.1) is 11.3 Å². The maximum atomic E-state index is 12.8. The fourth-order valence-corrected chi connectivity index (χ4v) is 2.96. The van der Waals surface area contributed by atoms with Crippen LogP contribution in [0.4, 0.5) is 0 Å². The monoisotopic (exact) mass is 410 g/mol. The number of benzene rings is 2. The number of aliphatic hydroxyl groups is 1. The van der Waals surface area contributed by atoms with E-state index < -0.39 is 11.4 Å². The molecule has 1 N–H and O–H groups in total. The first kappa shape index (κ1) is 23.4. The average Bonchev–Trinajstić information content (AvgIpc) is 2.76. The van der Waals surface area contributed by atoms with Crippen LogP contribution < -0.4 is 4.74 Å². The highest BCUT2D eigenvalue weighted by atomic mass is 16.5. The number of carbonyl (C=O) groups excluding carboxylic acids is 2. The largest absolute Gasteiger partial charge is 0.493 e. The highest BCUT2D eigenvalue weighted by molar-refractivity contribution is 6.10. The van der Waals surface area contributed by atoms with Gasteiger partial charge in [-0.3, -0.25) is 4.79 Å². The topological polar surface area (TPSA) is 72.8 Å². The highest BCUT2D eigenvalue weighted by Gasteiger charge is 2.30. The molecular formula is C25H30O5. The van der Waals surface area contributed by atoms with Crippen molar-refractivity contribution >= 4 is 11.8 Å². The Hall–Kier alpha value is -2.92. The fraction of sp³-hybridized carbons (Fsp3) is 0.360. The first-order valence-electron chi connectivity index (χ1n) is 10.0. The molecule has 160 valence electrons. The minimum Gasteiger partial charge on any atom is -0.493 e. The van der Waals surface area contributed by atoms with E-state index in [1.54, 1.807) is 37.3 Å². The summed E-state index contributed by atoms with van der Waals surface area (Å²) in [5.41, 5.74) is 0.966. The van der Waals surface area contributed by atoms with Gasteiger partial charge in [-0.15, -0.1) is 0 Å². The lowest BCUT2D eigenvalue weighted by molar-refractivity contribution is -0.142. The molecule has 0 fully saturated rings. The normalized spacial score (nSPS) is 12.1. The van der Waals surface area contributed by atoms with Crippen molar-refractivity contribution in [3.05, 3.63) is 77.9 Å². The maximum Gasteiger partial charge on any atom is 0.333 e. The summed E-state index contributed by atoms with van der Waals surface area (Å²) in [4.78, 5) is 24.6. The van der Waals surface area contributed by atoms with E-state index in [1.165, 1.54) is 0 Å². The van der Waals surface area contributed by atoms with Gasteiger partial charge in [0.05, 0.1) is 18.8 Å². The smallest absolute Gasteiger partial charge is 0.333 e. The van der Waals surface area contributed by atoms with E-state index in [9.17, 15) is 14.7 Å².